The second kappa shape index (κ2) is 7.04. The Kier molecular flexibility index (Phi) is 5.11. The van der Waals surface area contributed by atoms with Gasteiger partial charge in [-0.2, -0.15) is 0 Å². The van der Waals surface area contributed by atoms with Crippen molar-refractivity contribution in [2.45, 2.75) is 26.7 Å². The fraction of sp³-hybridized carbons (Fsp3) is 0.267. The van der Waals surface area contributed by atoms with Gasteiger partial charge in [0.2, 0.25) is 11.9 Å². The van der Waals surface area contributed by atoms with E-state index in [4.69, 9.17) is 11.6 Å². The number of aromatic nitrogens is 2. The van der Waals surface area contributed by atoms with Gasteiger partial charge in [-0.15, -0.1) is 0 Å². The number of hydrogen-bond acceptors (Lipinski definition) is 4. The number of hydrazine groups is 1. The molecule has 0 spiro atoms. The number of anilines is 1. The number of nitrogens with one attached hydrogen (secondary N) is 2. The van der Waals surface area contributed by atoms with Crippen LogP contribution < -0.4 is 10.9 Å². The molecule has 0 fully saturated rings. The third-order valence-electron chi connectivity index (χ3n) is 2.85. The smallest absolute Gasteiger partial charge is 0.242 e. The Morgan fingerprint density at radius 2 is 1.76 bits per heavy atom. The largest absolute Gasteiger partial charge is 0.273 e. The number of carbonyl (C=O) groups is 1. The summed E-state index contributed by atoms with van der Waals surface area (Å²) in [5.74, 6) is 0.278. The third kappa shape index (κ3) is 5.04. The van der Waals surface area contributed by atoms with Gasteiger partial charge in [-0.05, 0) is 44.0 Å². The van der Waals surface area contributed by atoms with Gasteiger partial charge in [0.05, 0.1) is 0 Å². The Morgan fingerprint density at radius 3 is 2.38 bits per heavy atom. The molecule has 1 amide bonds. The summed E-state index contributed by atoms with van der Waals surface area (Å²) in [5.41, 5.74) is 8.09. The quantitative estimate of drug-likeness (QED) is 0.834. The maximum Gasteiger partial charge on any atom is 0.242 e. The molecule has 110 valence electrons. The zero-order valence-electron chi connectivity index (χ0n) is 12.0. The van der Waals surface area contributed by atoms with Gasteiger partial charge in [-0.1, -0.05) is 23.7 Å². The van der Waals surface area contributed by atoms with Crippen LogP contribution in [-0.2, 0) is 11.2 Å². The van der Waals surface area contributed by atoms with E-state index >= 15 is 0 Å². The minimum absolute atomic E-state index is 0.118. The Hall–Kier alpha value is -2.14. The number of benzene rings is 1. The number of nitrogens with zero attached hydrogens (tertiary/aromatic N) is 2. The number of aryl methyl sites for hydroxylation is 3. The third-order valence-corrected chi connectivity index (χ3v) is 3.10. The van der Waals surface area contributed by atoms with Crippen LogP contribution in [0.25, 0.3) is 0 Å². The molecular formula is C15H17ClN4O. The van der Waals surface area contributed by atoms with E-state index in [0.29, 0.717) is 23.8 Å². The van der Waals surface area contributed by atoms with E-state index in [9.17, 15) is 4.79 Å². The zero-order chi connectivity index (χ0) is 15.2. The van der Waals surface area contributed by atoms with Gasteiger partial charge in [0.15, 0.2) is 0 Å². The van der Waals surface area contributed by atoms with Crippen LogP contribution in [0.3, 0.4) is 0 Å². The monoisotopic (exact) mass is 304 g/mol. The van der Waals surface area contributed by atoms with E-state index in [1.165, 1.54) is 0 Å². The van der Waals surface area contributed by atoms with Crippen molar-refractivity contribution in [3.63, 3.8) is 0 Å². The second-order valence-electron chi connectivity index (χ2n) is 4.77. The van der Waals surface area contributed by atoms with Crippen LogP contribution in [0.4, 0.5) is 5.95 Å². The molecule has 0 unspecified atom stereocenters. The molecule has 21 heavy (non-hydrogen) atoms. The van der Waals surface area contributed by atoms with Gasteiger partial charge < -0.3 is 0 Å². The number of hydrogen-bond donors (Lipinski definition) is 2. The van der Waals surface area contributed by atoms with Crippen LogP contribution in [0, 0.1) is 13.8 Å². The summed E-state index contributed by atoms with van der Waals surface area (Å²) in [7, 11) is 0. The van der Waals surface area contributed by atoms with E-state index in [1.807, 2.05) is 44.2 Å². The van der Waals surface area contributed by atoms with E-state index in [-0.39, 0.29) is 5.91 Å². The summed E-state index contributed by atoms with van der Waals surface area (Å²) in [4.78, 5) is 20.1. The molecule has 0 aliphatic heterocycles. The molecule has 0 radical (unpaired) electrons. The normalized spacial score (nSPS) is 10.2. The van der Waals surface area contributed by atoms with Crippen molar-refractivity contribution in [3.8, 4) is 0 Å². The van der Waals surface area contributed by atoms with Crippen LogP contribution in [0.5, 0.6) is 0 Å². The molecule has 6 heteroatoms. The summed E-state index contributed by atoms with van der Waals surface area (Å²) in [6, 6.07) is 9.33. The van der Waals surface area contributed by atoms with Gasteiger partial charge in [-0.3, -0.25) is 15.6 Å². The standard InChI is InChI=1S/C15H17ClN4O/c1-10-9-11(2)18-15(17-10)20-19-14(21)8-5-12-3-6-13(16)7-4-12/h3-4,6-7,9H,5,8H2,1-2H3,(H,19,21)(H,17,18,20). The van der Waals surface area contributed by atoms with Crippen molar-refractivity contribution in [2.75, 3.05) is 5.43 Å². The van der Waals surface area contributed by atoms with Crippen molar-refractivity contribution in [3.05, 3.63) is 52.3 Å². The van der Waals surface area contributed by atoms with Crippen molar-refractivity contribution in [1.82, 2.24) is 15.4 Å². The molecule has 0 aliphatic carbocycles. The van der Waals surface area contributed by atoms with Crippen molar-refractivity contribution < 1.29 is 4.79 Å². The Balaban J connectivity index is 1.80. The van der Waals surface area contributed by atoms with Crippen LogP contribution >= 0.6 is 11.6 Å². The average molecular weight is 305 g/mol. The Labute approximate surface area is 128 Å². The highest BCUT2D eigenvalue weighted by molar-refractivity contribution is 6.30. The summed E-state index contributed by atoms with van der Waals surface area (Å²) in [6.45, 7) is 3.75. The predicted octanol–water partition coefficient (Wildman–Crippen LogP) is 2.82. The first kappa shape index (κ1) is 15.3. The van der Waals surface area contributed by atoms with Gasteiger partial charge >= 0.3 is 0 Å². The molecular weight excluding hydrogens is 288 g/mol. The molecule has 1 aromatic carbocycles. The maximum absolute atomic E-state index is 11.8. The number of carbonyl (C=O) groups excluding carboxylic acids is 1. The molecule has 2 N–H and O–H groups in total. The van der Waals surface area contributed by atoms with Crippen molar-refractivity contribution >= 4 is 23.5 Å². The molecule has 0 saturated heterocycles. The lowest BCUT2D eigenvalue weighted by atomic mass is 10.1. The van der Waals surface area contributed by atoms with Gasteiger partial charge in [0.1, 0.15) is 0 Å². The fourth-order valence-electron chi connectivity index (χ4n) is 1.88. The lowest BCUT2D eigenvalue weighted by molar-refractivity contribution is -0.120. The lowest BCUT2D eigenvalue weighted by Gasteiger charge is -2.08. The van der Waals surface area contributed by atoms with Crippen LogP contribution in [0.15, 0.2) is 30.3 Å². The molecule has 0 bridgehead atoms. The van der Waals surface area contributed by atoms with Gasteiger partial charge in [0.25, 0.3) is 0 Å². The van der Waals surface area contributed by atoms with Crippen molar-refractivity contribution in [2.24, 2.45) is 0 Å². The molecule has 2 aromatic rings. The molecule has 1 heterocycles. The Bertz CT molecular complexity index is 608. The van der Waals surface area contributed by atoms with E-state index in [2.05, 4.69) is 20.8 Å². The first-order valence-corrected chi connectivity index (χ1v) is 7.02. The van der Waals surface area contributed by atoms with Gasteiger partial charge in [-0.25, -0.2) is 9.97 Å². The van der Waals surface area contributed by atoms with E-state index in [0.717, 1.165) is 17.0 Å². The maximum atomic E-state index is 11.8. The van der Waals surface area contributed by atoms with E-state index in [1.54, 1.807) is 0 Å². The predicted molar refractivity (Wildman–Crippen MR) is 83.0 cm³/mol. The number of rotatable bonds is 5. The summed E-state index contributed by atoms with van der Waals surface area (Å²) in [6.07, 6.45) is 1.03. The van der Waals surface area contributed by atoms with Crippen molar-refractivity contribution in [1.29, 1.82) is 0 Å². The van der Waals surface area contributed by atoms with Crippen LogP contribution in [-0.4, -0.2) is 15.9 Å². The van der Waals surface area contributed by atoms with Crippen LogP contribution in [0.1, 0.15) is 23.4 Å². The minimum atomic E-state index is -0.118. The SMILES string of the molecule is Cc1cc(C)nc(NNC(=O)CCc2ccc(Cl)cc2)n1. The molecule has 1 aromatic heterocycles. The topological polar surface area (TPSA) is 66.9 Å². The fourth-order valence-corrected chi connectivity index (χ4v) is 2.00. The highest BCUT2D eigenvalue weighted by Gasteiger charge is 2.04. The molecule has 0 atom stereocenters. The summed E-state index contributed by atoms with van der Waals surface area (Å²) in [5, 5.41) is 0.692. The first-order valence-electron chi connectivity index (χ1n) is 6.64. The average Bonchev–Trinajstić information content (AvgIpc) is 2.43. The van der Waals surface area contributed by atoms with Gasteiger partial charge in [0, 0.05) is 22.8 Å². The minimum Gasteiger partial charge on any atom is -0.273 e. The van der Waals surface area contributed by atoms with Crippen LogP contribution in [0.2, 0.25) is 5.02 Å². The summed E-state index contributed by atoms with van der Waals surface area (Å²) < 4.78 is 0. The summed E-state index contributed by atoms with van der Waals surface area (Å²) >= 11 is 5.81. The Morgan fingerprint density at radius 1 is 1.14 bits per heavy atom. The zero-order valence-corrected chi connectivity index (χ0v) is 12.7. The molecule has 0 aliphatic rings. The second-order valence-corrected chi connectivity index (χ2v) is 5.21. The number of amides is 1. The molecule has 0 saturated carbocycles. The first-order chi connectivity index (χ1) is 10.0. The lowest BCUT2D eigenvalue weighted by Crippen LogP contribution is -2.30. The highest BCUT2D eigenvalue weighted by atomic mass is 35.5. The van der Waals surface area contributed by atoms with E-state index < -0.39 is 0 Å². The molecule has 2 rings (SSSR count). The highest BCUT2D eigenvalue weighted by Crippen LogP contribution is 2.10. The molecule has 5 nitrogen and oxygen atoms in total. The number of halogens is 1.